The number of halogens is 1. The molecule has 1 aromatic rings. The summed E-state index contributed by atoms with van der Waals surface area (Å²) in [5, 5.41) is 8.63. The van der Waals surface area contributed by atoms with E-state index in [1.54, 1.807) is 0 Å². The Labute approximate surface area is 130 Å². The molecule has 0 unspecified atom stereocenters. The highest BCUT2D eigenvalue weighted by Crippen LogP contribution is 2.19. The molecule has 2 rings (SSSR count). The lowest BCUT2D eigenvalue weighted by Gasteiger charge is -2.22. The van der Waals surface area contributed by atoms with E-state index in [0.29, 0.717) is 0 Å². The Morgan fingerprint density at radius 3 is 2.90 bits per heavy atom. The maximum Gasteiger partial charge on any atom is 0.260 e. The minimum Gasteiger partial charge on any atom is -0.384 e. The number of rotatable bonds is 5. The largest absolute Gasteiger partial charge is 0.384 e. The van der Waals surface area contributed by atoms with Crippen molar-refractivity contribution in [3.8, 4) is 0 Å². The lowest BCUT2D eigenvalue weighted by atomic mass is 9.95. The molecule has 0 bridgehead atoms. The molecule has 7 heteroatoms. The molecule has 1 aliphatic rings. The van der Waals surface area contributed by atoms with Crippen LogP contribution in [0.3, 0.4) is 0 Å². The fraction of sp³-hybridized carbons (Fsp3) is 0.538. The maximum absolute atomic E-state index is 11.7. The average molecular weight is 360 g/mol. The van der Waals surface area contributed by atoms with Crippen LogP contribution in [0.4, 0.5) is 0 Å². The monoisotopic (exact) mass is 359 g/mol. The van der Waals surface area contributed by atoms with Crippen molar-refractivity contribution in [1.29, 1.82) is 0 Å². The molecule has 1 saturated carbocycles. The van der Waals surface area contributed by atoms with Gasteiger partial charge in [0.15, 0.2) is 12.4 Å². The minimum absolute atomic E-state index is 0.0935. The molecule has 0 aliphatic heterocycles. The predicted molar refractivity (Wildman–Crippen MR) is 83.7 cm³/mol. The lowest BCUT2D eigenvalue weighted by molar-refractivity contribution is -0.126. The summed E-state index contributed by atoms with van der Waals surface area (Å²) in [6, 6.07) is 2.14. The summed E-state index contributed by atoms with van der Waals surface area (Å²) >= 11 is 4.80. The molecule has 5 nitrogen and oxygen atoms in total. The standard InChI is InChI=1S/C13H18BrN3O2S/c14-9-6-11(20-8-9)13(15)17-19-7-12(18)16-10-4-2-1-3-5-10/h6,8,10H,1-5,7H2,(H2,15,17)(H,16,18). The molecule has 3 N–H and O–H groups in total. The molecule has 0 saturated heterocycles. The molecular weight excluding hydrogens is 342 g/mol. The summed E-state index contributed by atoms with van der Waals surface area (Å²) in [5.41, 5.74) is 5.76. The maximum atomic E-state index is 11.7. The summed E-state index contributed by atoms with van der Waals surface area (Å²) < 4.78 is 0.950. The normalized spacial score (nSPS) is 16.9. The molecule has 0 aromatic carbocycles. The molecule has 20 heavy (non-hydrogen) atoms. The van der Waals surface area contributed by atoms with Gasteiger partial charge in [-0.1, -0.05) is 24.4 Å². The first-order valence-electron chi connectivity index (χ1n) is 6.64. The van der Waals surface area contributed by atoms with Crippen LogP contribution in [0.1, 0.15) is 37.0 Å². The number of carbonyl (C=O) groups excluding carboxylic acids is 1. The topological polar surface area (TPSA) is 76.7 Å². The van der Waals surface area contributed by atoms with Gasteiger partial charge in [-0.25, -0.2) is 0 Å². The van der Waals surface area contributed by atoms with Crippen molar-refractivity contribution in [2.45, 2.75) is 38.1 Å². The van der Waals surface area contributed by atoms with Crippen LogP contribution >= 0.6 is 27.3 Å². The van der Waals surface area contributed by atoms with Gasteiger partial charge >= 0.3 is 0 Å². The van der Waals surface area contributed by atoms with Crippen molar-refractivity contribution in [3.05, 3.63) is 20.8 Å². The van der Waals surface area contributed by atoms with Crippen LogP contribution in [0.25, 0.3) is 0 Å². The first kappa shape index (κ1) is 15.3. The molecule has 0 atom stereocenters. The Morgan fingerprint density at radius 2 is 2.25 bits per heavy atom. The van der Waals surface area contributed by atoms with Gasteiger partial charge in [0.1, 0.15) is 0 Å². The van der Waals surface area contributed by atoms with Gasteiger partial charge in [0.25, 0.3) is 5.91 Å². The number of hydrogen-bond acceptors (Lipinski definition) is 4. The average Bonchev–Trinajstić information content (AvgIpc) is 2.86. The molecular formula is C13H18BrN3O2S. The third-order valence-corrected chi connectivity index (χ3v) is 4.86. The molecule has 1 amide bonds. The van der Waals surface area contributed by atoms with Crippen LogP contribution < -0.4 is 11.1 Å². The quantitative estimate of drug-likeness (QED) is 0.481. The van der Waals surface area contributed by atoms with E-state index in [4.69, 9.17) is 10.6 Å². The van der Waals surface area contributed by atoms with Gasteiger partial charge in [0.2, 0.25) is 0 Å². The predicted octanol–water partition coefficient (Wildman–Crippen LogP) is 2.60. The fourth-order valence-corrected chi connectivity index (χ4v) is 3.49. The number of nitrogens with two attached hydrogens (primary N) is 1. The van der Waals surface area contributed by atoms with E-state index in [-0.39, 0.29) is 24.4 Å². The molecule has 1 fully saturated rings. The van der Waals surface area contributed by atoms with Crippen LogP contribution in [0, 0.1) is 0 Å². The molecule has 0 spiro atoms. The van der Waals surface area contributed by atoms with Crippen molar-refractivity contribution in [3.63, 3.8) is 0 Å². The molecule has 1 aromatic heterocycles. The summed E-state index contributed by atoms with van der Waals surface area (Å²) in [4.78, 5) is 17.5. The van der Waals surface area contributed by atoms with E-state index in [0.717, 1.165) is 22.2 Å². The summed E-state index contributed by atoms with van der Waals surface area (Å²) in [7, 11) is 0. The van der Waals surface area contributed by atoms with Crippen LogP contribution in [0.5, 0.6) is 0 Å². The number of hydrogen-bond donors (Lipinski definition) is 2. The van der Waals surface area contributed by atoms with E-state index < -0.39 is 0 Å². The highest BCUT2D eigenvalue weighted by Gasteiger charge is 2.15. The van der Waals surface area contributed by atoms with Gasteiger partial charge in [-0.15, -0.1) is 11.3 Å². The van der Waals surface area contributed by atoms with Crippen LogP contribution in [0.2, 0.25) is 0 Å². The van der Waals surface area contributed by atoms with Gasteiger partial charge in [0, 0.05) is 15.9 Å². The van der Waals surface area contributed by atoms with Gasteiger partial charge < -0.3 is 15.9 Å². The first-order valence-corrected chi connectivity index (χ1v) is 8.31. The number of oxime groups is 1. The van der Waals surface area contributed by atoms with E-state index in [1.807, 2.05) is 11.4 Å². The fourth-order valence-electron chi connectivity index (χ4n) is 2.17. The van der Waals surface area contributed by atoms with E-state index in [2.05, 4.69) is 26.4 Å². The van der Waals surface area contributed by atoms with Crippen LogP contribution in [-0.2, 0) is 9.63 Å². The van der Waals surface area contributed by atoms with Gasteiger partial charge in [-0.3, -0.25) is 4.79 Å². The summed E-state index contributed by atoms with van der Waals surface area (Å²) in [6.45, 7) is -0.0935. The van der Waals surface area contributed by atoms with Crippen LogP contribution in [-0.4, -0.2) is 24.4 Å². The Hall–Kier alpha value is -1.08. The SMILES string of the molecule is N/C(=N/OCC(=O)NC1CCCCC1)c1cc(Br)cs1. The van der Waals surface area contributed by atoms with Crippen molar-refractivity contribution in [1.82, 2.24) is 5.32 Å². The van der Waals surface area contributed by atoms with E-state index >= 15 is 0 Å². The molecule has 1 heterocycles. The molecule has 0 radical (unpaired) electrons. The zero-order valence-corrected chi connectivity index (χ0v) is 13.5. The van der Waals surface area contributed by atoms with E-state index in [9.17, 15) is 4.79 Å². The smallest absolute Gasteiger partial charge is 0.260 e. The number of amidine groups is 1. The van der Waals surface area contributed by atoms with E-state index in [1.165, 1.54) is 30.6 Å². The Bertz CT molecular complexity index is 484. The summed E-state index contributed by atoms with van der Waals surface area (Å²) in [6.07, 6.45) is 5.75. The lowest BCUT2D eigenvalue weighted by Crippen LogP contribution is -2.38. The minimum atomic E-state index is -0.138. The second kappa shape index (κ2) is 7.64. The molecule has 110 valence electrons. The molecule has 1 aliphatic carbocycles. The first-order chi connectivity index (χ1) is 9.65. The van der Waals surface area contributed by atoms with Crippen molar-refractivity contribution in [2.24, 2.45) is 10.9 Å². The van der Waals surface area contributed by atoms with Gasteiger partial charge in [-0.05, 0) is 34.8 Å². The number of amides is 1. The van der Waals surface area contributed by atoms with Crippen molar-refractivity contribution in [2.75, 3.05) is 6.61 Å². The van der Waals surface area contributed by atoms with Gasteiger partial charge in [0.05, 0.1) is 4.88 Å². The second-order valence-corrected chi connectivity index (χ2v) is 6.61. The summed E-state index contributed by atoms with van der Waals surface area (Å²) in [5.74, 6) is 0.145. The third kappa shape index (κ3) is 4.79. The van der Waals surface area contributed by atoms with Crippen molar-refractivity contribution >= 4 is 39.0 Å². The number of thiophene rings is 1. The second-order valence-electron chi connectivity index (χ2n) is 4.78. The Balaban J connectivity index is 1.72. The van der Waals surface area contributed by atoms with Crippen LogP contribution in [0.15, 0.2) is 21.1 Å². The number of nitrogens with one attached hydrogen (secondary N) is 1. The number of carbonyl (C=O) groups is 1. The van der Waals surface area contributed by atoms with Crippen molar-refractivity contribution < 1.29 is 9.63 Å². The Morgan fingerprint density at radius 1 is 1.50 bits per heavy atom. The highest BCUT2D eigenvalue weighted by atomic mass is 79.9. The zero-order chi connectivity index (χ0) is 14.4. The zero-order valence-electron chi connectivity index (χ0n) is 11.1. The third-order valence-electron chi connectivity index (χ3n) is 3.15. The highest BCUT2D eigenvalue weighted by molar-refractivity contribution is 9.10. The number of nitrogens with zero attached hydrogens (tertiary/aromatic N) is 1. The Kier molecular flexibility index (Phi) is 5.85. The van der Waals surface area contributed by atoms with Gasteiger partial charge in [-0.2, -0.15) is 0 Å².